The van der Waals surface area contributed by atoms with E-state index in [9.17, 15) is 8.42 Å². The molecule has 6 nitrogen and oxygen atoms in total. The van der Waals surface area contributed by atoms with Gasteiger partial charge in [0.2, 0.25) is 0 Å². The van der Waals surface area contributed by atoms with Crippen molar-refractivity contribution < 1.29 is 17.9 Å². The van der Waals surface area contributed by atoms with E-state index in [1.807, 2.05) is 12.1 Å². The molecule has 0 spiro atoms. The zero-order valence-corrected chi connectivity index (χ0v) is 16.0. The van der Waals surface area contributed by atoms with Crippen LogP contribution in [0.15, 0.2) is 53.4 Å². The summed E-state index contributed by atoms with van der Waals surface area (Å²) in [5, 5.41) is 0. The van der Waals surface area contributed by atoms with Crippen molar-refractivity contribution in [2.45, 2.75) is 24.3 Å². The first-order valence-corrected chi connectivity index (χ1v) is 9.92. The maximum Gasteiger partial charge on any atom is 0.261 e. The van der Waals surface area contributed by atoms with Crippen LogP contribution >= 0.6 is 0 Å². The normalized spacial score (nSPS) is 17.0. The number of anilines is 2. The number of hydrogen-bond donors (Lipinski definition) is 1. The Morgan fingerprint density at radius 2 is 1.73 bits per heavy atom. The molecule has 0 atom stereocenters. The fourth-order valence-electron chi connectivity index (χ4n) is 3.02. The Bertz CT molecular complexity index is 846. The molecule has 1 aliphatic heterocycles. The summed E-state index contributed by atoms with van der Waals surface area (Å²) in [7, 11) is -2.10. The van der Waals surface area contributed by atoms with Crippen LogP contribution in [0.25, 0.3) is 0 Å². The highest BCUT2D eigenvalue weighted by Crippen LogP contribution is 2.28. The second kappa shape index (κ2) is 7.17. The SMILES string of the molecule is COc1ccc(S(=O)(=O)Nc2ccc(N3CCOCC3(C)C)cc2)cc1. The van der Waals surface area contributed by atoms with E-state index in [2.05, 4.69) is 23.5 Å². The second-order valence-corrected chi connectivity index (χ2v) is 8.53. The molecule has 0 radical (unpaired) electrons. The third kappa shape index (κ3) is 3.94. The fraction of sp³-hybridized carbons (Fsp3) is 0.368. The van der Waals surface area contributed by atoms with Crippen LogP contribution < -0.4 is 14.4 Å². The lowest BCUT2D eigenvalue weighted by Gasteiger charge is -2.43. The summed E-state index contributed by atoms with van der Waals surface area (Å²) < 4.78 is 38.2. The number of ether oxygens (including phenoxy) is 2. The van der Waals surface area contributed by atoms with Gasteiger partial charge in [-0.3, -0.25) is 4.72 Å². The van der Waals surface area contributed by atoms with Crippen LogP contribution in [-0.2, 0) is 14.8 Å². The van der Waals surface area contributed by atoms with Gasteiger partial charge in [0.25, 0.3) is 10.0 Å². The van der Waals surface area contributed by atoms with Gasteiger partial charge in [0.1, 0.15) is 5.75 Å². The van der Waals surface area contributed by atoms with Crippen molar-refractivity contribution in [3.63, 3.8) is 0 Å². The van der Waals surface area contributed by atoms with Crippen molar-refractivity contribution >= 4 is 21.4 Å². The minimum atomic E-state index is -3.64. The van der Waals surface area contributed by atoms with E-state index in [4.69, 9.17) is 9.47 Å². The molecule has 2 aromatic rings. The van der Waals surface area contributed by atoms with Crippen LogP contribution in [0.5, 0.6) is 5.75 Å². The number of benzene rings is 2. The summed E-state index contributed by atoms with van der Waals surface area (Å²) >= 11 is 0. The van der Waals surface area contributed by atoms with E-state index in [0.29, 0.717) is 24.7 Å². The lowest BCUT2D eigenvalue weighted by molar-refractivity contribution is 0.0644. The second-order valence-electron chi connectivity index (χ2n) is 6.84. The van der Waals surface area contributed by atoms with Gasteiger partial charge in [-0.2, -0.15) is 0 Å². The molecule has 0 aliphatic carbocycles. The topological polar surface area (TPSA) is 67.9 Å². The molecule has 0 unspecified atom stereocenters. The Kier molecular flexibility index (Phi) is 5.11. The van der Waals surface area contributed by atoms with Gasteiger partial charge in [0.05, 0.1) is 30.8 Å². The van der Waals surface area contributed by atoms with Gasteiger partial charge >= 0.3 is 0 Å². The quantitative estimate of drug-likeness (QED) is 0.868. The number of sulfonamides is 1. The molecule has 2 aromatic carbocycles. The third-order valence-corrected chi connectivity index (χ3v) is 5.84. The summed E-state index contributed by atoms with van der Waals surface area (Å²) in [5.41, 5.74) is 1.48. The van der Waals surface area contributed by atoms with E-state index in [1.165, 1.54) is 12.1 Å². The number of hydrogen-bond acceptors (Lipinski definition) is 5. The van der Waals surface area contributed by atoms with Crippen LogP contribution in [0, 0.1) is 0 Å². The molecule has 3 rings (SSSR count). The Morgan fingerprint density at radius 1 is 1.08 bits per heavy atom. The van der Waals surface area contributed by atoms with Gasteiger partial charge in [0.15, 0.2) is 0 Å². The predicted molar refractivity (Wildman–Crippen MR) is 102 cm³/mol. The van der Waals surface area contributed by atoms with Gasteiger partial charge in [-0.1, -0.05) is 0 Å². The molecule has 0 amide bonds. The largest absolute Gasteiger partial charge is 0.497 e. The fourth-order valence-corrected chi connectivity index (χ4v) is 4.07. The summed E-state index contributed by atoms with van der Waals surface area (Å²) in [6.07, 6.45) is 0. The van der Waals surface area contributed by atoms with Gasteiger partial charge in [-0.25, -0.2) is 8.42 Å². The van der Waals surface area contributed by atoms with Gasteiger partial charge < -0.3 is 14.4 Å². The molecule has 1 saturated heterocycles. The third-order valence-electron chi connectivity index (χ3n) is 4.45. The predicted octanol–water partition coefficient (Wildman–Crippen LogP) is 3.11. The van der Waals surface area contributed by atoms with Gasteiger partial charge in [0, 0.05) is 17.9 Å². The highest BCUT2D eigenvalue weighted by atomic mass is 32.2. The summed E-state index contributed by atoms with van der Waals surface area (Å²) in [4.78, 5) is 2.47. The standard InChI is InChI=1S/C19H24N2O4S/c1-19(2)14-25-13-12-21(19)16-6-4-15(5-7-16)20-26(22,23)18-10-8-17(24-3)9-11-18/h4-11,20H,12-14H2,1-3H3. The van der Waals surface area contributed by atoms with Crippen molar-refractivity contribution in [1.82, 2.24) is 0 Å². The molecule has 26 heavy (non-hydrogen) atoms. The van der Waals surface area contributed by atoms with E-state index >= 15 is 0 Å². The van der Waals surface area contributed by atoms with Crippen LogP contribution in [0.1, 0.15) is 13.8 Å². The number of rotatable bonds is 5. The molecular weight excluding hydrogens is 352 g/mol. The Balaban J connectivity index is 1.76. The number of morpholine rings is 1. The zero-order valence-electron chi connectivity index (χ0n) is 15.2. The van der Waals surface area contributed by atoms with Crippen LogP contribution in [-0.4, -0.2) is 40.8 Å². The lowest BCUT2D eigenvalue weighted by Crippen LogP contribution is -2.53. The molecule has 140 valence electrons. The average molecular weight is 376 g/mol. The monoisotopic (exact) mass is 376 g/mol. The minimum absolute atomic E-state index is 0.0949. The number of methoxy groups -OCH3 is 1. The van der Waals surface area contributed by atoms with Crippen LogP contribution in [0.3, 0.4) is 0 Å². The van der Waals surface area contributed by atoms with E-state index in [1.54, 1.807) is 31.4 Å². The maximum atomic E-state index is 12.5. The molecule has 1 fully saturated rings. The zero-order chi connectivity index (χ0) is 18.8. The van der Waals surface area contributed by atoms with Crippen LogP contribution in [0.2, 0.25) is 0 Å². The Labute approximate surface area is 154 Å². The van der Waals surface area contributed by atoms with Gasteiger partial charge in [-0.15, -0.1) is 0 Å². The molecular formula is C19H24N2O4S. The molecule has 0 aromatic heterocycles. The highest BCUT2D eigenvalue weighted by Gasteiger charge is 2.30. The lowest BCUT2D eigenvalue weighted by atomic mass is 10.0. The number of nitrogens with one attached hydrogen (secondary N) is 1. The molecule has 1 aliphatic rings. The van der Waals surface area contributed by atoms with Crippen molar-refractivity contribution in [3.8, 4) is 5.75 Å². The molecule has 7 heteroatoms. The van der Waals surface area contributed by atoms with Crippen molar-refractivity contribution in [1.29, 1.82) is 0 Å². The van der Waals surface area contributed by atoms with E-state index < -0.39 is 10.0 Å². The highest BCUT2D eigenvalue weighted by molar-refractivity contribution is 7.92. The number of nitrogens with zero attached hydrogens (tertiary/aromatic N) is 1. The maximum absolute atomic E-state index is 12.5. The molecule has 0 saturated carbocycles. The van der Waals surface area contributed by atoms with Crippen molar-refractivity contribution in [3.05, 3.63) is 48.5 Å². The first-order valence-electron chi connectivity index (χ1n) is 8.44. The van der Waals surface area contributed by atoms with Crippen molar-refractivity contribution in [2.24, 2.45) is 0 Å². The first-order chi connectivity index (χ1) is 12.3. The average Bonchev–Trinajstić information content (AvgIpc) is 2.62. The summed E-state index contributed by atoms with van der Waals surface area (Å²) in [6.45, 7) is 6.43. The smallest absolute Gasteiger partial charge is 0.261 e. The molecule has 1 heterocycles. The van der Waals surface area contributed by atoms with E-state index in [0.717, 1.165) is 12.2 Å². The van der Waals surface area contributed by atoms with Crippen molar-refractivity contribution in [2.75, 3.05) is 36.5 Å². The molecule has 0 bridgehead atoms. The summed E-state index contributed by atoms with van der Waals surface area (Å²) in [6, 6.07) is 13.7. The Hall–Kier alpha value is -2.25. The van der Waals surface area contributed by atoms with E-state index in [-0.39, 0.29) is 10.4 Å². The molecule has 1 N–H and O–H groups in total. The van der Waals surface area contributed by atoms with Crippen LogP contribution in [0.4, 0.5) is 11.4 Å². The summed E-state index contributed by atoms with van der Waals surface area (Å²) in [5.74, 6) is 0.612. The first kappa shape index (κ1) is 18.5. The van der Waals surface area contributed by atoms with Gasteiger partial charge in [-0.05, 0) is 62.4 Å². The minimum Gasteiger partial charge on any atom is -0.497 e. The Morgan fingerprint density at radius 3 is 2.31 bits per heavy atom.